The third kappa shape index (κ3) is 3.58. The zero-order chi connectivity index (χ0) is 15.4. The number of esters is 1. The summed E-state index contributed by atoms with van der Waals surface area (Å²) in [6.07, 6.45) is -7.13. The Morgan fingerprint density at radius 3 is 2.48 bits per heavy atom. The highest BCUT2D eigenvalue weighted by Gasteiger charge is 2.48. The lowest BCUT2D eigenvalue weighted by molar-refractivity contribution is -0.289. The van der Waals surface area contributed by atoms with Crippen LogP contribution in [0.25, 0.3) is 0 Å². The molecule has 1 aromatic carbocycles. The molecule has 1 fully saturated rings. The van der Waals surface area contributed by atoms with Crippen LogP contribution in [0.2, 0.25) is 0 Å². The summed E-state index contributed by atoms with van der Waals surface area (Å²) in [5.41, 5.74) is 0.826. The minimum atomic E-state index is -1.64. The Bertz CT molecular complexity index is 464. The second-order valence-electron chi connectivity index (χ2n) is 4.71. The fraction of sp³-hybridized carbons (Fsp3) is 0.500. The lowest BCUT2D eigenvalue weighted by atomic mass is 9.98. The number of carbonyl (C=O) groups is 1. The molecular weight excluding hydrogens is 280 g/mol. The van der Waals surface area contributed by atoms with Crippen molar-refractivity contribution in [3.8, 4) is 0 Å². The Labute approximate surface area is 121 Å². The van der Waals surface area contributed by atoms with E-state index in [2.05, 4.69) is 4.74 Å². The van der Waals surface area contributed by atoms with E-state index in [9.17, 15) is 20.1 Å². The number of hydrogen-bond donors (Lipinski definition) is 3. The number of aliphatic hydroxyl groups excluding tert-OH is 3. The fourth-order valence-corrected chi connectivity index (χ4v) is 2.12. The molecule has 1 heterocycles. The summed E-state index contributed by atoms with van der Waals surface area (Å²) in [6, 6.07) is 9.11. The number of carbonyl (C=O) groups excluding carboxylic acids is 1. The molecule has 3 N–H and O–H groups in total. The van der Waals surface area contributed by atoms with E-state index >= 15 is 0 Å². The summed E-state index contributed by atoms with van der Waals surface area (Å²) in [4.78, 5) is 11.5. The van der Waals surface area contributed by atoms with Gasteiger partial charge in [-0.1, -0.05) is 30.3 Å². The van der Waals surface area contributed by atoms with Crippen LogP contribution in [-0.4, -0.2) is 59.1 Å². The Morgan fingerprint density at radius 1 is 1.19 bits per heavy atom. The highest BCUT2D eigenvalue weighted by atomic mass is 16.7. The molecule has 0 spiro atoms. The SMILES string of the molecule is COC(=O)[C@H]1O[C@@H](O)[C@H](O)[C@@H](OCc2ccccc2)[C@@H]1O. The largest absolute Gasteiger partial charge is 0.467 e. The Kier molecular flexibility index (Phi) is 5.27. The molecule has 21 heavy (non-hydrogen) atoms. The van der Waals surface area contributed by atoms with Crippen molar-refractivity contribution >= 4 is 5.97 Å². The van der Waals surface area contributed by atoms with Gasteiger partial charge in [-0.25, -0.2) is 4.79 Å². The van der Waals surface area contributed by atoms with Crippen molar-refractivity contribution in [2.24, 2.45) is 0 Å². The van der Waals surface area contributed by atoms with Crippen molar-refractivity contribution in [1.29, 1.82) is 0 Å². The van der Waals surface area contributed by atoms with E-state index in [0.717, 1.165) is 12.7 Å². The highest BCUT2D eigenvalue weighted by Crippen LogP contribution is 2.24. The molecule has 7 nitrogen and oxygen atoms in total. The molecule has 7 heteroatoms. The molecule has 1 aliphatic heterocycles. The maximum Gasteiger partial charge on any atom is 0.337 e. The number of methoxy groups -OCH3 is 1. The van der Waals surface area contributed by atoms with Gasteiger partial charge in [-0.3, -0.25) is 0 Å². The number of hydrogen-bond acceptors (Lipinski definition) is 7. The van der Waals surface area contributed by atoms with Gasteiger partial charge < -0.3 is 29.5 Å². The van der Waals surface area contributed by atoms with Gasteiger partial charge in [0.2, 0.25) is 0 Å². The molecule has 0 aromatic heterocycles. The minimum Gasteiger partial charge on any atom is -0.467 e. The Balaban J connectivity index is 2.06. The van der Waals surface area contributed by atoms with Crippen LogP contribution in [-0.2, 0) is 25.6 Å². The molecule has 0 bridgehead atoms. The normalized spacial score (nSPS) is 32.7. The summed E-state index contributed by atoms with van der Waals surface area (Å²) >= 11 is 0. The molecule has 1 aliphatic rings. The average molecular weight is 298 g/mol. The summed E-state index contributed by atoms with van der Waals surface area (Å²) in [6.45, 7) is 0.111. The number of aliphatic hydroxyl groups is 3. The standard InChI is InChI=1S/C14H18O7/c1-19-14(18)12-9(15)11(10(16)13(17)21-12)20-7-8-5-3-2-4-6-8/h2-6,9-13,15-17H,7H2,1H3/t9-,10+,11-,12-,13+/m0/s1. The van der Waals surface area contributed by atoms with E-state index in [-0.39, 0.29) is 6.61 Å². The second kappa shape index (κ2) is 6.97. The number of ether oxygens (including phenoxy) is 3. The van der Waals surface area contributed by atoms with Gasteiger partial charge in [-0.15, -0.1) is 0 Å². The lowest BCUT2D eigenvalue weighted by Crippen LogP contribution is -2.60. The van der Waals surface area contributed by atoms with Crippen LogP contribution in [0.3, 0.4) is 0 Å². The monoisotopic (exact) mass is 298 g/mol. The maximum atomic E-state index is 11.5. The average Bonchev–Trinajstić information content (AvgIpc) is 2.51. The van der Waals surface area contributed by atoms with Crippen LogP contribution in [0.15, 0.2) is 30.3 Å². The molecule has 5 atom stereocenters. The fourth-order valence-electron chi connectivity index (χ4n) is 2.12. The maximum absolute atomic E-state index is 11.5. The molecular formula is C14H18O7. The molecule has 0 aliphatic carbocycles. The topological polar surface area (TPSA) is 105 Å². The van der Waals surface area contributed by atoms with Gasteiger partial charge in [-0.2, -0.15) is 0 Å². The van der Waals surface area contributed by atoms with Gasteiger partial charge in [0.1, 0.15) is 18.3 Å². The Morgan fingerprint density at radius 2 is 1.86 bits per heavy atom. The molecule has 0 amide bonds. The van der Waals surface area contributed by atoms with Gasteiger partial charge in [-0.05, 0) is 5.56 Å². The molecule has 1 aromatic rings. The molecule has 1 saturated heterocycles. The molecule has 0 saturated carbocycles. The molecule has 0 radical (unpaired) electrons. The van der Waals surface area contributed by atoms with Crippen molar-refractivity contribution in [2.45, 2.75) is 37.3 Å². The summed E-state index contributed by atoms with van der Waals surface area (Å²) < 4.78 is 14.8. The van der Waals surface area contributed by atoms with Gasteiger partial charge in [0.15, 0.2) is 12.4 Å². The summed E-state index contributed by atoms with van der Waals surface area (Å²) in [5, 5.41) is 29.5. The smallest absolute Gasteiger partial charge is 0.337 e. The van der Waals surface area contributed by atoms with Crippen molar-refractivity contribution < 1.29 is 34.3 Å². The van der Waals surface area contributed by atoms with Crippen molar-refractivity contribution in [3.05, 3.63) is 35.9 Å². The first-order chi connectivity index (χ1) is 10.0. The van der Waals surface area contributed by atoms with Crippen molar-refractivity contribution in [2.75, 3.05) is 7.11 Å². The van der Waals surface area contributed by atoms with E-state index in [0.29, 0.717) is 0 Å². The zero-order valence-electron chi connectivity index (χ0n) is 11.5. The second-order valence-corrected chi connectivity index (χ2v) is 4.71. The quantitative estimate of drug-likeness (QED) is 0.624. The van der Waals surface area contributed by atoms with E-state index in [1.807, 2.05) is 30.3 Å². The first-order valence-electron chi connectivity index (χ1n) is 6.47. The first kappa shape index (κ1) is 15.9. The number of rotatable bonds is 4. The van der Waals surface area contributed by atoms with E-state index in [4.69, 9.17) is 9.47 Å². The molecule has 2 rings (SSSR count). The van der Waals surface area contributed by atoms with Crippen LogP contribution >= 0.6 is 0 Å². The van der Waals surface area contributed by atoms with Gasteiger partial charge in [0.05, 0.1) is 13.7 Å². The summed E-state index contributed by atoms with van der Waals surface area (Å²) in [5.74, 6) is -0.846. The van der Waals surface area contributed by atoms with Crippen molar-refractivity contribution in [1.82, 2.24) is 0 Å². The highest BCUT2D eigenvalue weighted by molar-refractivity contribution is 5.75. The van der Waals surface area contributed by atoms with Crippen LogP contribution in [0.5, 0.6) is 0 Å². The van der Waals surface area contributed by atoms with Gasteiger partial charge in [0.25, 0.3) is 0 Å². The predicted molar refractivity (Wildman–Crippen MR) is 69.9 cm³/mol. The van der Waals surface area contributed by atoms with Crippen LogP contribution in [0, 0.1) is 0 Å². The van der Waals surface area contributed by atoms with E-state index < -0.39 is 36.7 Å². The lowest BCUT2D eigenvalue weighted by Gasteiger charge is -2.39. The first-order valence-corrected chi connectivity index (χ1v) is 6.47. The third-order valence-electron chi connectivity index (χ3n) is 3.28. The zero-order valence-corrected chi connectivity index (χ0v) is 11.5. The molecule has 0 unspecified atom stereocenters. The minimum absolute atomic E-state index is 0.111. The van der Waals surface area contributed by atoms with E-state index in [1.54, 1.807) is 0 Å². The summed E-state index contributed by atoms with van der Waals surface area (Å²) in [7, 11) is 1.13. The van der Waals surface area contributed by atoms with Gasteiger partial charge >= 0.3 is 5.97 Å². The Hall–Kier alpha value is -1.51. The van der Waals surface area contributed by atoms with Crippen LogP contribution < -0.4 is 0 Å². The van der Waals surface area contributed by atoms with E-state index in [1.165, 1.54) is 0 Å². The third-order valence-corrected chi connectivity index (χ3v) is 3.28. The molecule has 116 valence electrons. The van der Waals surface area contributed by atoms with Crippen LogP contribution in [0.4, 0.5) is 0 Å². The van der Waals surface area contributed by atoms with Crippen LogP contribution in [0.1, 0.15) is 5.56 Å². The number of benzene rings is 1. The predicted octanol–water partition coefficient (Wildman–Crippen LogP) is -0.816. The van der Waals surface area contributed by atoms with Crippen molar-refractivity contribution in [3.63, 3.8) is 0 Å². The van der Waals surface area contributed by atoms with Gasteiger partial charge in [0, 0.05) is 0 Å².